The van der Waals surface area contributed by atoms with E-state index in [2.05, 4.69) is 0 Å². The Balaban J connectivity index is 2.97. The van der Waals surface area contributed by atoms with E-state index in [0.717, 1.165) is 10.8 Å². The van der Waals surface area contributed by atoms with E-state index in [-0.39, 0.29) is 22.5 Å². The molecule has 0 saturated carbocycles. The van der Waals surface area contributed by atoms with E-state index < -0.39 is 0 Å². The highest BCUT2D eigenvalue weighted by Crippen LogP contribution is 2.17. The molecule has 2 rings (SSSR count). The number of carbonyl (C=O) groups excluding carboxylic acids is 1. The summed E-state index contributed by atoms with van der Waals surface area (Å²) in [5.74, 6) is -0.0638. The van der Waals surface area contributed by atoms with Gasteiger partial charge in [0.2, 0.25) is 5.43 Å². The quantitative estimate of drug-likeness (QED) is 0.741. The number of fused-ring (bicyclic) bond motifs is 1. The lowest BCUT2D eigenvalue weighted by Gasteiger charge is -1.94. The van der Waals surface area contributed by atoms with Gasteiger partial charge in [-0.1, -0.05) is 24.3 Å². The molecule has 0 atom stereocenters. The minimum Gasteiger partial charge on any atom is -0.493 e. The number of hydrogen-bond donors (Lipinski definition) is 0. The number of benzene rings is 1. The van der Waals surface area contributed by atoms with Crippen LogP contribution in [-0.2, 0) is 0 Å². The molecule has 0 aliphatic heterocycles. The van der Waals surface area contributed by atoms with Crippen LogP contribution < -0.4 is 10.2 Å². The molecular formula is C14H12O3. The third-order valence-corrected chi connectivity index (χ3v) is 2.65. The van der Waals surface area contributed by atoms with Crippen molar-refractivity contribution in [3.63, 3.8) is 0 Å². The molecule has 0 bridgehead atoms. The van der Waals surface area contributed by atoms with Crippen LogP contribution in [0.1, 0.15) is 17.3 Å². The first kappa shape index (κ1) is 11.3. The lowest BCUT2D eigenvalue weighted by molar-refractivity contribution is 0.101. The van der Waals surface area contributed by atoms with Crippen LogP contribution >= 0.6 is 0 Å². The fourth-order valence-corrected chi connectivity index (χ4v) is 1.75. The second-order valence-electron chi connectivity index (χ2n) is 3.78. The zero-order valence-electron chi connectivity index (χ0n) is 9.69. The highest BCUT2D eigenvalue weighted by atomic mass is 16.5. The molecule has 0 amide bonds. The first-order valence-corrected chi connectivity index (χ1v) is 5.25. The Morgan fingerprint density at radius 1 is 1.12 bits per heavy atom. The average molecular weight is 228 g/mol. The van der Waals surface area contributed by atoms with Crippen LogP contribution in [0.25, 0.3) is 10.8 Å². The van der Waals surface area contributed by atoms with E-state index in [1.165, 1.54) is 14.0 Å². The van der Waals surface area contributed by atoms with Gasteiger partial charge in [0.15, 0.2) is 11.5 Å². The summed E-state index contributed by atoms with van der Waals surface area (Å²) in [7, 11) is 1.43. The van der Waals surface area contributed by atoms with Gasteiger partial charge in [0, 0.05) is 0 Å². The summed E-state index contributed by atoms with van der Waals surface area (Å²) >= 11 is 0. The molecule has 0 aliphatic carbocycles. The van der Waals surface area contributed by atoms with Crippen molar-refractivity contribution >= 4 is 16.6 Å². The van der Waals surface area contributed by atoms with Crippen molar-refractivity contribution in [2.45, 2.75) is 6.92 Å². The number of Topliss-reactive ketones (excluding diaryl/α,β-unsaturated/α-hetero) is 1. The number of ether oxygens (including phenoxy) is 1. The first-order chi connectivity index (χ1) is 8.13. The number of carbonyl (C=O) groups is 1. The van der Waals surface area contributed by atoms with Gasteiger partial charge < -0.3 is 4.74 Å². The van der Waals surface area contributed by atoms with Crippen molar-refractivity contribution < 1.29 is 9.53 Å². The molecule has 0 aromatic heterocycles. The zero-order valence-corrected chi connectivity index (χ0v) is 9.69. The molecule has 0 unspecified atom stereocenters. The lowest BCUT2D eigenvalue weighted by atomic mass is 10.1. The Morgan fingerprint density at radius 2 is 1.71 bits per heavy atom. The normalized spacial score (nSPS) is 10.2. The highest BCUT2D eigenvalue weighted by molar-refractivity contribution is 5.97. The molecule has 3 nitrogen and oxygen atoms in total. The summed E-state index contributed by atoms with van der Waals surface area (Å²) < 4.78 is 5.04. The van der Waals surface area contributed by atoms with Crippen molar-refractivity contribution in [2.75, 3.05) is 7.11 Å². The number of rotatable bonds is 2. The fraction of sp³-hybridized carbons (Fsp3) is 0.143. The first-order valence-electron chi connectivity index (χ1n) is 5.25. The van der Waals surface area contributed by atoms with Crippen LogP contribution in [0.2, 0.25) is 0 Å². The predicted octanol–water partition coefficient (Wildman–Crippen LogP) is 2.41. The summed E-state index contributed by atoms with van der Waals surface area (Å²) in [4.78, 5) is 23.5. The summed E-state index contributed by atoms with van der Waals surface area (Å²) in [6.45, 7) is 1.38. The smallest absolute Gasteiger partial charge is 0.231 e. The van der Waals surface area contributed by atoms with Crippen LogP contribution in [0, 0.1) is 0 Å². The van der Waals surface area contributed by atoms with Crippen molar-refractivity contribution in [3.05, 3.63) is 52.2 Å². The molecule has 0 aliphatic rings. The van der Waals surface area contributed by atoms with Gasteiger partial charge in [-0.15, -0.1) is 0 Å². The monoisotopic (exact) mass is 228 g/mol. The number of methoxy groups -OCH3 is 1. The Bertz CT molecular complexity index is 644. The molecule has 0 fully saturated rings. The molecule has 86 valence electrons. The lowest BCUT2D eigenvalue weighted by Crippen LogP contribution is -2.11. The fourth-order valence-electron chi connectivity index (χ4n) is 1.75. The molecule has 17 heavy (non-hydrogen) atoms. The molecule has 0 spiro atoms. The SMILES string of the molecule is COc1cc2ccccc2cc(C(C)=O)c1=O. The van der Waals surface area contributed by atoms with E-state index in [4.69, 9.17) is 4.74 Å². The standard InChI is InChI=1S/C14H12O3/c1-9(15)12-7-10-5-3-4-6-11(10)8-13(17-2)14(12)16/h3-8H,1-2H3. The van der Waals surface area contributed by atoms with Gasteiger partial charge in [-0.3, -0.25) is 9.59 Å². The maximum Gasteiger partial charge on any atom is 0.231 e. The highest BCUT2D eigenvalue weighted by Gasteiger charge is 2.09. The van der Waals surface area contributed by atoms with E-state index in [0.29, 0.717) is 0 Å². The van der Waals surface area contributed by atoms with Crippen LogP contribution in [0.15, 0.2) is 41.2 Å². The topological polar surface area (TPSA) is 43.4 Å². The van der Waals surface area contributed by atoms with Gasteiger partial charge in [-0.25, -0.2) is 0 Å². The molecule has 2 aromatic carbocycles. The number of hydrogen-bond acceptors (Lipinski definition) is 3. The van der Waals surface area contributed by atoms with Gasteiger partial charge >= 0.3 is 0 Å². The van der Waals surface area contributed by atoms with E-state index in [1.54, 1.807) is 12.1 Å². The van der Waals surface area contributed by atoms with Gasteiger partial charge in [0.1, 0.15) is 0 Å². The Morgan fingerprint density at radius 3 is 2.24 bits per heavy atom. The third-order valence-electron chi connectivity index (χ3n) is 2.65. The largest absolute Gasteiger partial charge is 0.493 e. The second-order valence-corrected chi connectivity index (χ2v) is 3.78. The molecule has 0 radical (unpaired) electrons. The van der Waals surface area contributed by atoms with Crippen LogP contribution in [0.4, 0.5) is 0 Å². The van der Waals surface area contributed by atoms with E-state index >= 15 is 0 Å². The summed E-state index contributed by atoms with van der Waals surface area (Å²) in [6, 6.07) is 10.7. The van der Waals surface area contributed by atoms with Crippen LogP contribution in [0.3, 0.4) is 0 Å². The van der Waals surface area contributed by atoms with Gasteiger partial charge in [-0.2, -0.15) is 0 Å². The van der Waals surface area contributed by atoms with Crippen LogP contribution in [0.5, 0.6) is 5.75 Å². The van der Waals surface area contributed by atoms with E-state index in [1.807, 2.05) is 24.3 Å². The Labute approximate surface area is 98.7 Å². The van der Waals surface area contributed by atoms with Crippen molar-refractivity contribution in [1.82, 2.24) is 0 Å². The summed E-state index contributed by atoms with van der Waals surface area (Å²) in [5.41, 5.74) is -0.209. The van der Waals surface area contributed by atoms with Crippen LogP contribution in [-0.4, -0.2) is 12.9 Å². The Kier molecular flexibility index (Phi) is 2.91. The van der Waals surface area contributed by atoms with Gasteiger partial charge in [0.25, 0.3) is 0 Å². The maximum absolute atomic E-state index is 12.0. The summed E-state index contributed by atoms with van der Waals surface area (Å²) in [5, 5.41) is 1.71. The molecular weight excluding hydrogens is 216 g/mol. The molecule has 0 saturated heterocycles. The molecule has 2 aromatic rings. The zero-order chi connectivity index (χ0) is 12.4. The van der Waals surface area contributed by atoms with Gasteiger partial charge in [-0.05, 0) is 29.8 Å². The third kappa shape index (κ3) is 2.04. The summed E-state index contributed by atoms with van der Waals surface area (Å²) in [6.07, 6.45) is 0. The Hall–Kier alpha value is -2.16. The van der Waals surface area contributed by atoms with Crippen molar-refractivity contribution in [1.29, 1.82) is 0 Å². The maximum atomic E-state index is 12.0. The molecule has 0 N–H and O–H groups in total. The van der Waals surface area contributed by atoms with Crippen molar-refractivity contribution in [3.8, 4) is 5.75 Å². The molecule has 3 heteroatoms. The van der Waals surface area contributed by atoms with E-state index in [9.17, 15) is 9.59 Å². The average Bonchev–Trinajstić information content (AvgIpc) is 2.46. The minimum atomic E-state index is -0.365. The van der Waals surface area contributed by atoms with Gasteiger partial charge in [0.05, 0.1) is 12.7 Å². The minimum absolute atomic E-state index is 0.156. The molecule has 0 heterocycles. The van der Waals surface area contributed by atoms with Crippen molar-refractivity contribution in [2.24, 2.45) is 0 Å². The predicted molar refractivity (Wildman–Crippen MR) is 66.8 cm³/mol. The second kappa shape index (κ2) is 4.37. The number of ketones is 1.